The molecule has 0 aromatic heterocycles. The Kier molecular flexibility index (Phi) is 4.23. The minimum absolute atomic E-state index is 0.0363. The lowest BCUT2D eigenvalue weighted by Crippen LogP contribution is -2.34. The van der Waals surface area contributed by atoms with E-state index >= 15 is 0 Å². The summed E-state index contributed by atoms with van der Waals surface area (Å²) >= 11 is 0. The van der Waals surface area contributed by atoms with Crippen LogP contribution < -0.4 is 4.90 Å². The molecule has 0 fully saturated rings. The molecule has 2 unspecified atom stereocenters. The van der Waals surface area contributed by atoms with Crippen LogP contribution in [0.3, 0.4) is 0 Å². The van der Waals surface area contributed by atoms with Crippen molar-refractivity contribution in [3.05, 3.63) is 30.3 Å². The number of nitrogens with zero attached hydrogens (tertiary/aromatic N) is 1. The molecule has 0 aliphatic rings. The predicted molar refractivity (Wildman–Crippen MR) is 64.2 cm³/mol. The molecular formula is C13H17NO2. The summed E-state index contributed by atoms with van der Waals surface area (Å²) in [5, 5.41) is 0. The summed E-state index contributed by atoms with van der Waals surface area (Å²) in [6.07, 6.45) is 0.821. The molecule has 16 heavy (non-hydrogen) atoms. The van der Waals surface area contributed by atoms with E-state index in [1.807, 2.05) is 30.3 Å². The molecule has 0 saturated heterocycles. The van der Waals surface area contributed by atoms with E-state index in [2.05, 4.69) is 0 Å². The molecule has 0 spiro atoms. The standard InChI is InChI=1S/C13H17NO2/c1-10(9-15)11(2)13(16)14(3)12-7-5-4-6-8-12/h4-11H,1-3H3. The molecule has 1 rings (SSSR count). The lowest BCUT2D eigenvalue weighted by Gasteiger charge is -2.22. The molecular weight excluding hydrogens is 202 g/mol. The zero-order valence-corrected chi connectivity index (χ0v) is 9.88. The highest BCUT2D eigenvalue weighted by Gasteiger charge is 2.23. The molecule has 1 aromatic rings. The van der Waals surface area contributed by atoms with Gasteiger partial charge in [-0.05, 0) is 12.1 Å². The second-order valence-corrected chi connectivity index (χ2v) is 4.02. The highest BCUT2D eigenvalue weighted by atomic mass is 16.2. The molecule has 86 valence electrons. The van der Waals surface area contributed by atoms with Gasteiger partial charge in [0, 0.05) is 24.6 Å². The molecule has 2 atom stereocenters. The number of carbonyl (C=O) groups is 2. The number of para-hydroxylation sites is 1. The van der Waals surface area contributed by atoms with Gasteiger partial charge in [-0.1, -0.05) is 32.0 Å². The van der Waals surface area contributed by atoms with Crippen molar-refractivity contribution < 1.29 is 9.59 Å². The number of benzene rings is 1. The van der Waals surface area contributed by atoms with Crippen molar-refractivity contribution in [3.63, 3.8) is 0 Å². The Hall–Kier alpha value is -1.64. The second-order valence-electron chi connectivity index (χ2n) is 4.02. The fraction of sp³-hybridized carbons (Fsp3) is 0.385. The van der Waals surface area contributed by atoms with E-state index in [-0.39, 0.29) is 17.7 Å². The number of hydrogen-bond donors (Lipinski definition) is 0. The van der Waals surface area contributed by atoms with E-state index in [0.717, 1.165) is 12.0 Å². The molecule has 0 bridgehead atoms. The van der Waals surface area contributed by atoms with Crippen LogP contribution in [0.4, 0.5) is 5.69 Å². The van der Waals surface area contributed by atoms with Gasteiger partial charge in [0.1, 0.15) is 6.29 Å². The van der Waals surface area contributed by atoms with Crippen LogP contribution in [0.15, 0.2) is 30.3 Å². The number of amides is 1. The number of anilines is 1. The Morgan fingerprint density at radius 2 is 1.81 bits per heavy atom. The third kappa shape index (κ3) is 2.69. The van der Waals surface area contributed by atoms with E-state index in [1.54, 1.807) is 25.8 Å². The Bertz CT molecular complexity index is 361. The second kappa shape index (κ2) is 5.45. The SMILES string of the molecule is CC(C=O)C(C)C(=O)N(C)c1ccccc1. The van der Waals surface area contributed by atoms with Crippen molar-refractivity contribution in [3.8, 4) is 0 Å². The maximum Gasteiger partial charge on any atom is 0.230 e. The average Bonchev–Trinajstić information content (AvgIpc) is 2.36. The van der Waals surface area contributed by atoms with E-state index < -0.39 is 0 Å². The van der Waals surface area contributed by atoms with Gasteiger partial charge < -0.3 is 9.69 Å². The summed E-state index contributed by atoms with van der Waals surface area (Å²) < 4.78 is 0. The first kappa shape index (κ1) is 12.4. The third-order valence-corrected chi connectivity index (χ3v) is 2.87. The largest absolute Gasteiger partial charge is 0.315 e. The van der Waals surface area contributed by atoms with Gasteiger partial charge in [-0.3, -0.25) is 4.79 Å². The van der Waals surface area contributed by atoms with Crippen LogP contribution in [0, 0.1) is 11.8 Å². The Morgan fingerprint density at radius 3 is 2.31 bits per heavy atom. The van der Waals surface area contributed by atoms with E-state index in [9.17, 15) is 9.59 Å². The smallest absolute Gasteiger partial charge is 0.230 e. The minimum Gasteiger partial charge on any atom is -0.315 e. The first-order valence-corrected chi connectivity index (χ1v) is 5.35. The fourth-order valence-electron chi connectivity index (χ4n) is 1.43. The Labute approximate surface area is 96.1 Å². The van der Waals surface area contributed by atoms with Gasteiger partial charge in [0.25, 0.3) is 0 Å². The van der Waals surface area contributed by atoms with Gasteiger partial charge in [0.2, 0.25) is 5.91 Å². The first-order chi connectivity index (χ1) is 7.57. The van der Waals surface area contributed by atoms with Crippen molar-refractivity contribution in [2.45, 2.75) is 13.8 Å². The topological polar surface area (TPSA) is 37.4 Å². The summed E-state index contributed by atoms with van der Waals surface area (Å²) in [5.74, 6) is -0.577. The maximum absolute atomic E-state index is 12.0. The van der Waals surface area contributed by atoms with Gasteiger partial charge >= 0.3 is 0 Å². The summed E-state index contributed by atoms with van der Waals surface area (Å²) in [4.78, 5) is 24.2. The highest BCUT2D eigenvalue weighted by Crippen LogP contribution is 2.17. The number of rotatable bonds is 4. The van der Waals surface area contributed by atoms with Crippen LogP contribution in [0.1, 0.15) is 13.8 Å². The molecule has 3 heteroatoms. The van der Waals surface area contributed by atoms with E-state index in [4.69, 9.17) is 0 Å². The first-order valence-electron chi connectivity index (χ1n) is 5.35. The molecule has 1 amide bonds. The normalized spacial score (nSPS) is 13.9. The molecule has 3 nitrogen and oxygen atoms in total. The zero-order chi connectivity index (χ0) is 12.1. The summed E-state index contributed by atoms with van der Waals surface area (Å²) in [5.41, 5.74) is 0.845. The molecule has 0 N–H and O–H groups in total. The highest BCUT2D eigenvalue weighted by molar-refractivity contribution is 5.95. The monoisotopic (exact) mass is 219 g/mol. The van der Waals surface area contributed by atoms with Crippen molar-refractivity contribution >= 4 is 17.9 Å². The van der Waals surface area contributed by atoms with Crippen LogP contribution in [0.2, 0.25) is 0 Å². The molecule has 1 aromatic carbocycles. The summed E-state index contributed by atoms with van der Waals surface area (Å²) in [6.45, 7) is 3.54. The number of hydrogen-bond acceptors (Lipinski definition) is 2. The number of aldehydes is 1. The summed E-state index contributed by atoms with van der Waals surface area (Å²) in [7, 11) is 1.73. The van der Waals surface area contributed by atoms with Crippen molar-refractivity contribution in [1.29, 1.82) is 0 Å². The van der Waals surface area contributed by atoms with Crippen molar-refractivity contribution in [1.82, 2.24) is 0 Å². The third-order valence-electron chi connectivity index (χ3n) is 2.87. The molecule has 0 heterocycles. The lowest BCUT2D eigenvalue weighted by atomic mass is 9.96. The van der Waals surface area contributed by atoms with Gasteiger partial charge in [-0.2, -0.15) is 0 Å². The summed E-state index contributed by atoms with van der Waals surface area (Å²) in [6, 6.07) is 9.41. The Balaban J connectivity index is 2.79. The van der Waals surface area contributed by atoms with Gasteiger partial charge in [-0.25, -0.2) is 0 Å². The predicted octanol–water partition coefficient (Wildman–Crippen LogP) is 2.12. The fourth-order valence-corrected chi connectivity index (χ4v) is 1.43. The lowest BCUT2D eigenvalue weighted by molar-refractivity contribution is -0.126. The molecule has 0 radical (unpaired) electrons. The molecule has 0 aliphatic heterocycles. The van der Waals surface area contributed by atoms with Crippen LogP contribution in [-0.4, -0.2) is 19.2 Å². The minimum atomic E-state index is -0.289. The van der Waals surface area contributed by atoms with Crippen LogP contribution >= 0.6 is 0 Å². The van der Waals surface area contributed by atoms with Crippen LogP contribution in [0.25, 0.3) is 0 Å². The van der Waals surface area contributed by atoms with Gasteiger partial charge in [0.15, 0.2) is 0 Å². The zero-order valence-electron chi connectivity index (χ0n) is 9.88. The Morgan fingerprint density at radius 1 is 1.25 bits per heavy atom. The maximum atomic E-state index is 12.0. The van der Waals surface area contributed by atoms with Crippen molar-refractivity contribution in [2.24, 2.45) is 11.8 Å². The number of carbonyl (C=O) groups excluding carboxylic acids is 2. The van der Waals surface area contributed by atoms with Gasteiger partial charge in [0.05, 0.1) is 0 Å². The van der Waals surface area contributed by atoms with Crippen LogP contribution in [-0.2, 0) is 9.59 Å². The molecule has 0 saturated carbocycles. The average molecular weight is 219 g/mol. The quantitative estimate of drug-likeness (QED) is 0.727. The van der Waals surface area contributed by atoms with E-state index in [0.29, 0.717) is 0 Å². The van der Waals surface area contributed by atoms with Crippen molar-refractivity contribution in [2.75, 3.05) is 11.9 Å². The molecule has 0 aliphatic carbocycles. The van der Waals surface area contributed by atoms with Crippen LogP contribution in [0.5, 0.6) is 0 Å². The van der Waals surface area contributed by atoms with E-state index in [1.165, 1.54) is 0 Å². The van der Waals surface area contributed by atoms with Gasteiger partial charge in [-0.15, -0.1) is 0 Å².